The molecule has 0 fully saturated rings. The van der Waals surface area contributed by atoms with E-state index in [1.54, 1.807) is 29.2 Å². The van der Waals surface area contributed by atoms with Crippen LogP contribution in [0.1, 0.15) is 41.3 Å². The summed E-state index contributed by atoms with van der Waals surface area (Å²) in [6.45, 7) is 2.78. The maximum Gasteiger partial charge on any atom is 0.255 e. The smallest absolute Gasteiger partial charge is 0.255 e. The van der Waals surface area contributed by atoms with Crippen molar-refractivity contribution in [2.45, 2.75) is 50.8 Å². The van der Waals surface area contributed by atoms with Gasteiger partial charge in [0.2, 0.25) is 17.7 Å². The minimum absolute atomic E-state index is 0.229. The second kappa shape index (κ2) is 12.6. The highest BCUT2D eigenvalue weighted by Crippen LogP contribution is 2.20. The third-order valence-electron chi connectivity index (χ3n) is 6.82. The second-order valence-corrected chi connectivity index (χ2v) is 9.60. The molecule has 3 atom stereocenters. The van der Waals surface area contributed by atoms with Gasteiger partial charge in [-0.2, -0.15) is 0 Å². The van der Waals surface area contributed by atoms with Crippen molar-refractivity contribution >= 4 is 23.6 Å². The Bertz CT molecular complexity index is 1160. The monoisotopic (exact) mass is 522 g/mol. The predicted octanol–water partition coefficient (Wildman–Crippen LogP) is 0.567. The second-order valence-electron chi connectivity index (χ2n) is 9.60. The van der Waals surface area contributed by atoms with Crippen molar-refractivity contribution in [1.29, 1.82) is 0 Å². The standard InChI is InChI=1S/C28H34N4O6/c1-18(33)25-27(36)29-13-6-16-38-23-10-5-4-9-21(23)26(35)30-22(17-24(34)31-25)28(37)32-14-11-19-7-2-3-8-20(19)12-15-32/h2-5,7-10,18,22,25,33H,6,11-17H2,1H3,(H,29,36)(H,30,35)(H,31,34)/t18-,22+,25+/m1/s1. The van der Waals surface area contributed by atoms with E-state index in [-0.39, 0.29) is 24.6 Å². The van der Waals surface area contributed by atoms with E-state index in [9.17, 15) is 24.3 Å². The van der Waals surface area contributed by atoms with Gasteiger partial charge in [-0.05, 0) is 49.4 Å². The van der Waals surface area contributed by atoms with Crippen LogP contribution in [0.25, 0.3) is 0 Å². The molecule has 2 aliphatic rings. The molecule has 2 aliphatic heterocycles. The summed E-state index contributed by atoms with van der Waals surface area (Å²) in [4.78, 5) is 54.3. The summed E-state index contributed by atoms with van der Waals surface area (Å²) in [5.74, 6) is -1.76. The normalized spacial score (nSPS) is 22.1. The Morgan fingerprint density at radius 1 is 1.00 bits per heavy atom. The molecule has 4 rings (SSSR count). The topological polar surface area (TPSA) is 137 Å². The van der Waals surface area contributed by atoms with Crippen molar-refractivity contribution < 1.29 is 29.0 Å². The van der Waals surface area contributed by atoms with E-state index >= 15 is 0 Å². The molecule has 0 unspecified atom stereocenters. The van der Waals surface area contributed by atoms with Gasteiger partial charge in [0.1, 0.15) is 17.8 Å². The molecule has 4 N–H and O–H groups in total. The molecule has 10 nitrogen and oxygen atoms in total. The van der Waals surface area contributed by atoms with Gasteiger partial charge in [-0.25, -0.2) is 0 Å². The Labute approximate surface area is 221 Å². The van der Waals surface area contributed by atoms with Crippen LogP contribution in [0.15, 0.2) is 48.5 Å². The largest absolute Gasteiger partial charge is 0.493 e. The molecule has 0 bridgehead atoms. The average molecular weight is 523 g/mol. The number of para-hydroxylation sites is 1. The third-order valence-corrected chi connectivity index (χ3v) is 6.82. The first-order chi connectivity index (χ1) is 18.3. The minimum Gasteiger partial charge on any atom is -0.493 e. The van der Waals surface area contributed by atoms with Crippen molar-refractivity contribution in [3.05, 3.63) is 65.2 Å². The number of hydrogen-bond acceptors (Lipinski definition) is 6. The first kappa shape index (κ1) is 27.1. The Morgan fingerprint density at radius 3 is 2.34 bits per heavy atom. The molecular formula is C28H34N4O6. The predicted molar refractivity (Wildman–Crippen MR) is 139 cm³/mol. The Morgan fingerprint density at radius 2 is 1.66 bits per heavy atom. The maximum absolute atomic E-state index is 13.7. The first-order valence-corrected chi connectivity index (χ1v) is 13.0. The number of carbonyl (C=O) groups is 4. The number of nitrogens with zero attached hydrogens (tertiary/aromatic N) is 1. The van der Waals surface area contributed by atoms with Gasteiger partial charge in [0.15, 0.2) is 0 Å². The van der Waals surface area contributed by atoms with E-state index in [0.717, 1.165) is 0 Å². The SMILES string of the molecule is C[C@@H](O)[C@@H]1NC(=O)C[C@@H](C(=O)N2CCc3ccccc3CC2)NC(=O)c2ccccc2OCCCNC1=O. The highest BCUT2D eigenvalue weighted by atomic mass is 16.5. The number of amides is 4. The lowest BCUT2D eigenvalue weighted by Crippen LogP contribution is -2.55. The van der Waals surface area contributed by atoms with Gasteiger partial charge in [0.05, 0.1) is 24.7 Å². The zero-order valence-electron chi connectivity index (χ0n) is 21.4. The Hall–Kier alpha value is -3.92. The van der Waals surface area contributed by atoms with Crippen molar-refractivity contribution in [1.82, 2.24) is 20.9 Å². The molecular weight excluding hydrogens is 488 g/mol. The molecule has 0 saturated carbocycles. The average Bonchev–Trinajstić information content (AvgIpc) is 3.13. The quantitative estimate of drug-likeness (QED) is 0.455. The van der Waals surface area contributed by atoms with E-state index in [0.29, 0.717) is 38.1 Å². The number of carbonyl (C=O) groups excluding carboxylic acids is 4. The van der Waals surface area contributed by atoms with Crippen LogP contribution in [-0.2, 0) is 27.2 Å². The Balaban J connectivity index is 1.59. The van der Waals surface area contributed by atoms with Gasteiger partial charge in [-0.15, -0.1) is 0 Å². The molecule has 2 aromatic carbocycles. The van der Waals surface area contributed by atoms with E-state index in [1.807, 2.05) is 24.3 Å². The number of aliphatic hydroxyl groups is 1. The molecule has 4 amide bonds. The summed E-state index contributed by atoms with van der Waals surface area (Å²) in [6.07, 6.45) is 0.211. The van der Waals surface area contributed by atoms with Crippen molar-refractivity contribution in [2.24, 2.45) is 0 Å². The highest BCUT2D eigenvalue weighted by molar-refractivity contribution is 6.01. The van der Waals surface area contributed by atoms with Gasteiger partial charge in [0.25, 0.3) is 5.91 Å². The van der Waals surface area contributed by atoms with Crippen LogP contribution in [0, 0.1) is 0 Å². The van der Waals surface area contributed by atoms with E-state index in [4.69, 9.17) is 4.74 Å². The maximum atomic E-state index is 13.7. The number of benzene rings is 2. The molecule has 0 aliphatic carbocycles. The van der Waals surface area contributed by atoms with E-state index in [1.165, 1.54) is 18.1 Å². The molecule has 2 heterocycles. The lowest BCUT2D eigenvalue weighted by molar-refractivity contribution is -0.136. The minimum atomic E-state index is -1.20. The molecule has 0 spiro atoms. The number of aliphatic hydroxyl groups excluding tert-OH is 1. The summed E-state index contributed by atoms with van der Waals surface area (Å²) >= 11 is 0. The summed E-state index contributed by atoms with van der Waals surface area (Å²) in [6, 6.07) is 12.3. The molecule has 0 saturated heterocycles. The number of fused-ring (bicyclic) bond motifs is 2. The van der Waals surface area contributed by atoms with Gasteiger partial charge in [-0.1, -0.05) is 36.4 Å². The fraction of sp³-hybridized carbons (Fsp3) is 0.429. The van der Waals surface area contributed by atoms with Crippen LogP contribution in [0.4, 0.5) is 0 Å². The van der Waals surface area contributed by atoms with Gasteiger partial charge in [-0.3, -0.25) is 19.2 Å². The zero-order valence-corrected chi connectivity index (χ0v) is 21.4. The molecule has 0 radical (unpaired) electrons. The van der Waals surface area contributed by atoms with Crippen LogP contribution in [-0.4, -0.2) is 78.1 Å². The fourth-order valence-electron chi connectivity index (χ4n) is 4.72. The molecule has 38 heavy (non-hydrogen) atoms. The number of ether oxygens (including phenoxy) is 1. The third kappa shape index (κ3) is 6.69. The van der Waals surface area contributed by atoms with Crippen molar-refractivity contribution in [2.75, 3.05) is 26.2 Å². The molecule has 2 aromatic rings. The summed E-state index contributed by atoms with van der Waals surface area (Å²) in [5, 5.41) is 18.1. The van der Waals surface area contributed by atoms with E-state index in [2.05, 4.69) is 16.0 Å². The van der Waals surface area contributed by atoms with E-state index < -0.39 is 42.3 Å². The Kier molecular flexibility index (Phi) is 8.96. The number of rotatable bonds is 2. The van der Waals surface area contributed by atoms with Crippen LogP contribution in [0.3, 0.4) is 0 Å². The van der Waals surface area contributed by atoms with Gasteiger partial charge < -0.3 is 30.7 Å². The van der Waals surface area contributed by atoms with Gasteiger partial charge in [0, 0.05) is 19.6 Å². The summed E-state index contributed by atoms with van der Waals surface area (Å²) in [5.41, 5.74) is 2.58. The lowest BCUT2D eigenvalue weighted by atomic mass is 10.0. The van der Waals surface area contributed by atoms with Crippen molar-refractivity contribution in [3.8, 4) is 5.75 Å². The van der Waals surface area contributed by atoms with Crippen LogP contribution in [0.5, 0.6) is 5.75 Å². The van der Waals surface area contributed by atoms with Gasteiger partial charge >= 0.3 is 0 Å². The molecule has 10 heteroatoms. The number of hydrogen-bond donors (Lipinski definition) is 4. The molecule has 202 valence electrons. The summed E-state index contributed by atoms with van der Waals surface area (Å²) in [7, 11) is 0. The first-order valence-electron chi connectivity index (χ1n) is 13.0. The summed E-state index contributed by atoms with van der Waals surface area (Å²) < 4.78 is 5.79. The highest BCUT2D eigenvalue weighted by Gasteiger charge is 2.32. The zero-order chi connectivity index (χ0) is 27.1. The lowest BCUT2D eigenvalue weighted by Gasteiger charge is -2.27. The van der Waals surface area contributed by atoms with Crippen LogP contribution >= 0.6 is 0 Å². The van der Waals surface area contributed by atoms with Crippen LogP contribution < -0.4 is 20.7 Å². The fourth-order valence-corrected chi connectivity index (χ4v) is 4.72. The molecule has 0 aromatic heterocycles. The van der Waals surface area contributed by atoms with Crippen LogP contribution in [0.2, 0.25) is 0 Å². The van der Waals surface area contributed by atoms with Crippen molar-refractivity contribution in [3.63, 3.8) is 0 Å². The number of nitrogens with one attached hydrogen (secondary N) is 3.